The lowest BCUT2D eigenvalue weighted by molar-refractivity contribution is -0.0488. The molecular weight excluding hydrogens is 437 g/mol. The first-order valence-electron chi connectivity index (χ1n) is 10.3. The second-order valence-corrected chi connectivity index (χ2v) is 8.05. The first kappa shape index (κ1) is 34.6. The van der Waals surface area contributed by atoms with Crippen molar-refractivity contribution in [2.24, 2.45) is 0 Å². The number of nitriles is 1. The molecule has 0 aliphatic carbocycles. The van der Waals surface area contributed by atoms with Crippen molar-refractivity contribution in [2.75, 3.05) is 27.5 Å². The molecule has 1 rings (SSSR count). The molecule has 0 amide bonds. The van der Waals surface area contributed by atoms with Gasteiger partial charge in [0, 0.05) is 38.7 Å². The third-order valence-electron chi connectivity index (χ3n) is 3.54. The molecule has 10 nitrogen and oxygen atoms in total. The van der Waals surface area contributed by atoms with Gasteiger partial charge in [0.15, 0.2) is 0 Å². The number of hydrogen-bond donors (Lipinski definition) is 2. The van der Waals surface area contributed by atoms with E-state index >= 15 is 0 Å². The predicted molar refractivity (Wildman–Crippen MR) is 127 cm³/mol. The van der Waals surface area contributed by atoms with Crippen LogP contribution in [-0.4, -0.2) is 54.1 Å². The summed E-state index contributed by atoms with van der Waals surface area (Å²) in [5, 5.41) is 7.51. The zero-order chi connectivity index (χ0) is 25.7. The Morgan fingerprint density at radius 2 is 1.78 bits per heavy atom. The molecule has 0 spiro atoms. The molecule has 3 unspecified atom stereocenters. The van der Waals surface area contributed by atoms with Gasteiger partial charge in [0.05, 0.1) is 19.2 Å². The Labute approximate surface area is 191 Å². The van der Waals surface area contributed by atoms with Crippen molar-refractivity contribution in [3.63, 3.8) is 0 Å². The molecule has 1 aromatic heterocycles. The Kier molecular flexibility index (Phi) is 22.5. The van der Waals surface area contributed by atoms with Gasteiger partial charge in [0.2, 0.25) is 0 Å². The minimum atomic E-state index is -3.81. The van der Waals surface area contributed by atoms with Crippen molar-refractivity contribution in [1.82, 2.24) is 9.55 Å². The summed E-state index contributed by atoms with van der Waals surface area (Å²) in [5.74, 6) is 0. The van der Waals surface area contributed by atoms with E-state index in [1.807, 2.05) is 13.8 Å². The number of aromatic nitrogens is 2. The topological polar surface area (TPSA) is 144 Å². The van der Waals surface area contributed by atoms with Crippen molar-refractivity contribution in [3.8, 4) is 6.07 Å². The van der Waals surface area contributed by atoms with Crippen LogP contribution in [0.3, 0.4) is 0 Å². The summed E-state index contributed by atoms with van der Waals surface area (Å²) in [4.78, 5) is 34.8. The second kappa shape index (κ2) is 20.9. The summed E-state index contributed by atoms with van der Waals surface area (Å²) in [6.07, 6.45) is 3.60. The maximum atomic E-state index is 11.8. The van der Waals surface area contributed by atoms with E-state index in [1.165, 1.54) is 43.9 Å². The molecule has 32 heavy (non-hydrogen) atoms. The van der Waals surface area contributed by atoms with Gasteiger partial charge in [0.1, 0.15) is 12.2 Å². The van der Waals surface area contributed by atoms with Crippen molar-refractivity contribution in [3.05, 3.63) is 45.3 Å². The quantitative estimate of drug-likeness (QED) is 0.407. The normalized spacial score (nSPS) is 13.2. The number of nitrogens with zero attached hydrogens (tertiary/aromatic N) is 2. The highest BCUT2D eigenvalue weighted by Gasteiger charge is 2.29. The van der Waals surface area contributed by atoms with Gasteiger partial charge in [-0.05, 0) is 6.92 Å². The Hall–Kier alpha value is -2.02. The largest absolute Gasteiger partial charge is 0.382 e. The number of rotatable bonds is 9. The van der Waals surface area contributed by atoms with Crippen LogP contribution < -0.4 is 11.2 Å². The molecule has 0 saturated heterocycles. The number of H-pyrrole nitrogens is 1. The van der Waals surface area contributed by atoms with Crippen LogP contribution in [0.4, 0.5) is 0 Å². The van der Waals surface area contributed by atoms with E-state index in [1.54, 1.807) is 13.0 Å². The Bertz CT molecular complexity index is 807. The van der Waals surface area contributed by atoms with Crippen LogP contribution in [0.25, 0.3) is 0 Å². The van der Waals surface area contributed by atoms with E-state index in [9.17, 15) is 19.0 Å². The van der Waals surface area contributed by atoms with E-state index in [4.69, 9.17) is 19.3 Å². The lowest BCUT2D eigenvalue weighted by Crippen LogP contribution is -2.41. The van der Waals surface area contributed by atoms with E-state index < -0.39 is 31.1 Å². The molecule has 0 aromatic carbocycles. The third-order valence-corrected chi connectivity index (χ3v) is 4.20. The number of ether oxygens (including phenoxy) is 2. The maximum absolute atomic E-state index is 11.8. The van der Waals surface area contributed by atoms with E-state index in [2.05, 4.69) is 25.4 Å². The van der Waals surface area contributed by atoms with Gasteiger partial charge in [-0.1, -0.05) is 47.1 Å². The standard InChI is InChI=1S/C12H21N2O7P.C4H10.C3H3N.C2H6/c1-8-5-14(12(16)13-11(8)15)6-9(21-22(4,17)18)10(20-3)7-19-2;1-3-4-2;1-2-3-4;1-2/h5,9-10H,6-7H2,1-4H3,(H,17,18)(H,13,15,16);3-4H2,1-2H3;2H,1H2;1-2H3. The third kappa shape index (κ3) is 17.6. The van der Waals surface area contributed by atoms with Crippen LogP contribution in [0.1, 0.15) is 46.1 Å². The van der Waals surface area contributed by atoms with Gasteiger partial charge in [0.25, 0.3) is 5.56 Å². The van der Waals surface area contributed by atoms with E-state index in [0.29, 0.717) is 5.56 Å². The lowest BCUT2D eigenvalue weighted by Gasteiger charge is -2.27. The van der Waals surface area contributed by atoms with Gasteiger partial charge >= 0.3 is 13.3 Å². The van der Waals surface area contributed by atoms with Crippen LogP contribution >= 0.6 is 7.60 Å². The number of aryl methyl sites for hydroxylation is 1. The summed E-state index contributed by atoms with van der Waals surface area (Å²) >= 11 is 0. The fourth-order valence-corrected chi connectivity index (χ4v) is 2.61. The van der Waals surface area contributed by atoms with E-state index in [0.717, 1.165) is 6.66 Å². The smallest absolute Gasteiger partial charge is 0.328 e. The molecule has 1 aromatic rings. The summed E-state index contributed by atoms with van der Waals surface area (Å²) in [5.41, 5.74) is -0.787. The zero-order valence-corrected chi connectivity index (χ0v) is 21.5. The molecule has 2 N–H and O–H groups in total. The summed E-state index contributed by atoms with van der Waals surface area (Å²) in [6, 6.07) is 1.69. The minimum Gasteiger partial charge on any atom is -0.382 e. The van der Waals surface area contributed by atoms with Gasteiger partial charge < -0.3 is 18.9 Å². The number of unbranched alkanes of at least 4 members (excludes halogenated alkanes) is 1. The first-order valence-corrected chi connectivity index (χ1v) is 12.3. The van der Waals surface area contributed by atoms with Crippen LogP contribution in [0, 0.1) is 18.3 Å². The summed E-state index contributed by atoms with van der Waals surface area (Å²) in [6.45, 7) is 14.1. The highest BCUT2D eigenvalue weighted by atomic mass is 31.2. The van der Waals surface area contributed by atoms with Crippen LogP contribution in [0.2, 0.25) is 0 Å². The Morgan fingerprint density at radius 3 is 2.12 bits per heavy atom. The van der Waals surface area contributed by atoms with Crippen molar-refractivity contribution < 1.29 is 23.5 Å². The summed E-state index contributed by atoms with van der Waals surface area (Å²) < 4.78 is 28.0. The van der Waals surface area contributed by atoms with Crippen LogP contribution in [-0.2, 0) is 25.1 Å². The SMILES string of the molecule is C=CC#N.CC.CCCC.COCC(OC)C(Cn1cc(C)c(=O)[nH]c1=O)OP(C)(=O)O. The number of nitrogens with one attached hydrogen (secondary N) is 1. The van der Waals surface area contributed by atoms with Gasteiger partial charge in [-0.3, -0.25) is 18.9 Å². The first-order chi connectivity index (χ1) is 15.0. The zero-order valence-electron chi connectivity index (χ0n) is 20.6. The molecule has 0 bridgehead atoms. The van der Waals surface area contributed by atoms with Gasteiger partial charge in [-0.15, -0.1) is 0 Å². The number of methoxy groups -OCH3 is 2. The summed E-state index contributed by atoms with van der Waals surface area (Å²) in [7, 11) is -0.959. The molecule has 3 atom stereocenters. The molecule has 1 heterocycles. The highest BCUT2D eigenvalue weighted by molar-refractivity contribution is 7.51. The Balaban J connectivity index is -0.000000710. The second-order valence-electron chi connectivity index (χ2n) is 6.23. The monoisotopic (exact) mass is 477 g/mol. The molecule has 186 valence electrons. The average Bonchev–Trinajstić information content (AvgIpc) is 2.76. The number of hydrogen-bond acceptors (Lipinski definition) is 7. The van der Waals surface area contributed by atoms with Crippen molar-refractivity contribution in [2.45, 2.75) is 66.2 Å². The molecule has 0 fully saturated rings. The molecule has 11 heteroatoms. The van der Waals surface area contributed by atoms with Crippen LogP contribution in [0.15, 0.2) is 28.4 Å². The molecule has 0 saturated carbocycles. The fraction of sp³-hybridized carbons (Fsp3) is 0.667. The molecule has 0 aliphatic heterocycles. The minimum absolute atomic E-state index is 0.0727. The van der Waals surface area contributed by atoms with E-state index in [-0.39, 0.29) is 13.2 Å². The Morgan fingerprint density at radius 1 is 1.28 bits per heavy atom. The van der Waals surface area contributed by atoms with Gasteiger partial charge in [-0.25, -0.2) is 4.79 Å². The van der Waals surface area contributed by atoms with Crippen molar-refractivity contribution in [1.29, 1.82) is 5.26 Å². The molecule has 0 radical (unpaired) electrons. The maximum Gasteiger partial charge on any atom is 0.328 e. The molecular formula is C21H40N3O7P. The predicted octanol–water partition coefficient (Wildman–Crippen LogP) is 3.24. The lowest BCUT2D eigenvalue weighted by atomic mass is 10.2. The number of allylic oxidation sites excluding steroid dienone is 1. The molecule has 0 aliphatic rings. The van der Waals surface area contributed by atoms with Gasteiger partial charge in [-0.2, -0.15) is 5.26 Å². The van der Waals surface area contributed by atoms with Crippen LogP contribution in [0.5, 0.6) is 0 Å². The fourth-order valence-electron chi connectivity index (χ4n) is 1.91. The highest BCUT2D eigenvalue weighted by Crippen LogP contribution is 2.39. The average molecular weight is 478 g/mol. The van der Waals surface area contributed by atoms with Crippen molar-refractivity contribution >= 4 is 7.60 Å². The number of aromatic amines is 1.